The van der Waals surface area contributed by atoms with Crippen LogP contribution in [0.15, 0.2) is 90.5 Å². The number of fused-ring (bicyclic) bond motifs is 2. The molecule has 85 heavy (non-hydrogen) atoms. The summed E-state index contributed by atoms with van der Waals surface area (Å²) in [6.45, 7) is 16.1. The lowest BCUT2D eigenvalue weighted by Crippen LogP contribution is -2.60. The number of amides is 4. The predicted molar refractivity (Wildman–Crippen MR) is 312 cm³/mol. The van der Waals surface area contributed by atoms with Crippen molar-refractivity contribution < 1.29 is 61.6 Å². The summed E-state index contributed by atoms with van der Waals surface area (Å²) in [4.78, 5) is 106. The molecule has 0 aliphatic carbocycles. The molecule has 4 amide bonds. The minimum absolute atomic E-state index is 0.0323. The Hall–Kier alpha value is -7.27. The van der Waals surface area contributed by atoms with Crippen molar-refractivity contribution in [2.45, 2.75) is 71.6 Å². The van der Waals surface area contributed by atoms with Gasteiger partial charge in [-0.25, -0.2) is 42.3 Å². The van der Waals surface area contributed by atoms with Gasteiger partial charge in [0, 0.05) is 118 Å². The average Bonchev–Trinajstić information content (AvgIpc) is 2.08. The summed E-state index contributed by atoms with van der Waals surface area (Å²) in [6.07, 6.45) is 3.29. The molecule has 2 aromatic heterocycles. The molecular formula is C57H66BrF3N12O10S2. The molecule has 10 rings (SSSR count). The molecular weight excluding hydrogens is 1210 g/mol. The standard InChI is InChI=1S/C29H34F2N6O5S.C28H32BrFN6O5S/c1-16-17(6-7-18(30)21(16)31)22-20(25(38)42-5)19(33-23(34-22)24-32-8-11-43-24)12-35-9-10-37-27(41)36(15-29(37,4)14-35)13-28(2,3)26(39)40;1-27(2,25(38)39)13-35-15-28(3)14-34(8-9-36(28)26(35)40)12-19-20(24(37)41-4)21(17-6-5-16(30)11-18(17)29)33-22(32-19)23-31-7-10-42-23/h6-8,11,22H,9-10,12-15H2,1-5H3,(H,33,34)(H,39,40);5-7,10-11,21H,8-9,12-15H2,1-4H3,(H,32,33)(H,38,39)/t22-,29-;21-,28-/m00/s1. The van der Waals surface area contributed by atoms with Crippen LogP contribution in [0.1, 0.15) is 80.3 Å². The van der Waals surface area contributed by atoms with Crippen molar-refractivity contribution in [2.75, 3.05) is 92.8 Å². The lowest BCUT2D eigenvalue weighted by atomic mass is 9.91. The predicted octanol–water partition coefficient (Wildman–Crippen LogP) is 6.66. The molecule has 22 nitrogen and oxygen atoms in total. The molecule has 8 heterocycles. The number of halogens is 4. The van der Waals surface area contributed by atoms with Gasteiger partial charge in [-0.2, -0.15) is 0 Å². The minimum atomic E-state index is -1.11. The van der Waals surface area contributed by atoms with Crippen molar-refractivity contribution >= 4 is 86.2 Å². The first-order valence-electron chi connectivity index (χ1n) is 27.1. The van der Waals surface area contributed by atoms with Gasteiger partial charge in [0.15, 0.2) is 33.3 Å². The van der Waals surface area contributed by atoms with Crippen molar-refractivity contribution in [1.82, 2.24) is 50.0 Å². The number of carboxylic acids is 2. The van der Waals surface area contributed by atoms with Gasteiger partial charge in [-0.1, -0.05) is 28.1 Å². The normalized spacial score (nSPS) is 22.9. The van der Waals surface area contributed by atoms with E-state index in [9.17, 15) is 52.2 Å². The number of hydrogen-bond donors (Lipinski definition) is 4. The molecule has 0 spiro atoms. The number of carbonyl (C=O) groups is 6. The third kappa shape index (κ3) is 12.6. The summed E-state index contributed by atoms with van der Waals surface area (Å²) >= 11 is 6.17. The number of aliphatic imine (C=N–C) groups is 2. The Labute approximate surface area is 505 Å². The van der Waals surface area contributed by atoms with E-state index >= 15 is 0 Å². The van der Waals surface area contributed by atoms with Crippen LogP contribution in [0, 0.1) is 35.2 Å². The van der Waals surface area contributed by atoms with Crippen molar-refractivity contribution in [2.24, 2.45) is 20.8 Å². The highest BCUT2D eigenvalue weighted by molar-refractivity contribution is 9.10. The van der Waals surface area contributed by atoms with Crippen LogP contribution >= 0.6 is 38.6 Å². The van der Waals surface area contributed by atoms with Gasteiger partial charge < -0.3 is 49.9 Å². The fourth-order valence-corrected chi connectivity index (χ4v) is 13.5. The molecule has 6 aliphatic rings. The summed E-state index contributed by atoms with van der Waals surface area (Å²) in [5, 5.41) is 30.6. The van der Waals surface area contributed by atoms with Gasteiger partial charge in [-0.15, -0.1) is 22.7 Å². The van der Waals surface area contributed by atoms with Crippen molar-refractivity contribution in [3.8, 4) is 0 Å². The van der Waals surface area contributed by atoms with Crippen molar-refractivity contribution in [3.05, 3.63) is 125 Å². The van der Waals surface area contributed by atoms with Gasteiger partial charge in [0.05, 0.1) is 47.3 Å². The van der Waals surface area contributed by atoms with E-state index in [1.807, 2.05) is 24.1 Å². The summed E-state index contributed by atoms with van der Waals surface area (Å²) in [5.41, 5.74) is -0.885. The van der Waals surface area contributed by atoms with E-state index in [0.29, 0.717) is 113 Å². The number of piperazine rings is 2. The van der Waals surface area contributed by atoms with Gasteiger partial charge >= 0.3 is 35.9 Å². The Bertz CT molecular complexity index is 3450. The van der Waals surface area contributed by atoms with Crippen molar-refractivity contribution in [1.29, 1.82) is 0 Å². The van der Waals surface area contributed by atoms with E-state index in [4.69, 9.17) is 19.5 Å². The van der Waals surface area contributed by atoms with Gasteiger partial charge in [0.2, 0.25) is 0 Å². The first-order valence-corrected chi connectivity index (χ1v) is 29.7. The molecule has 6 aliphatic heterocycles. The Kier molecular flexibility index (Phi) is 17.8. The molecule has 4 aromatic rings. The Morgan fingerprint density at radius 3 is 1.53 bits per heavy atom. The van der Waals surface area contributed by atoms with Crippen LogP contribution < -0.4 is 10.6 Å². The number of esters is 2. The highest BCUT2D eigenvalue weighted by Crippen LogP contribution is 2.41. The topological polar surface area (TPSA) is 255 Å². The molecule has 4 fully saturated rings. The Morgan fingerprint density at radius 2 is 1.13 bits per heavy atom. The van der Waals surface area contributed by atoms with E-state index in [1.54, 1.807) is 66.2 Å². The van der Waals surface area contributed by atoms with Gasteiger partial charge in [0.25, 0.3) is 0 Å². The summed E-state index contributed by atoms with van der Waals surface area (Å²) < 4.78 is 53.6. The number of carbonyl (C=O) groups excluding carboxylic acids is 4. The average molecular weight is 1280 g/mol. The Morgan fingerprint density at radius 1 is 0.694 bits per heavy atom. The molecule has 4 saturated heterocycles. The lowest BCUT2D eigenvalue weighted by Gasteiger charge is -2.44. The van der Waals surface area contributed by atoms with Gasteiger partial charge in [-0.3, -0.25) is 29.4 Å². The van der Waals surface area contributed by atoms with E-state index in [1.165, 1.54) is 62.0 Å². The fraction of sp³-hybridized carbons (Fsp3) is 0.474. The number of rotatable bonds is 16. The monoisotopic (exact) mass is 1280 g/mol. The summed E-state index contributed by atoms with van der Waals surface area (Å²) in [6, 6.07) is 4.53. The number of benzene rings is 2. The van der Waals surface area contributed by atoms with Crippen molar-refractivity contribution in [3.63, 3.8) is 0 Å². The number of aromatic nitrogens is 2. The van der Waals surface area contributed by atoms with E-state index in [0.717, 1.165) is 6.07 Å². The first kappa shape index (κ1) is 62.3. The molecule has 0 bridgehead atoms. The van der Waals surface area contributed by atoms with Gasteiger partial charge in [-0.05, 0) is 83.4 Å². The maximum absolute atomic E-state index is 14.7. The maximum Gasteiger partial charge on any atom is 0.338 e. The van der Waals surface area contributed by atoms with E-state index < -0.39 is 75.3 Å². The molecule has 4 atom stereocenters. The number of nitrogens with zero attached hydrogens (tertiary/aromatic N) is 10. The zero-order valence-corrected chi connectivity index (χ0v) is 51.5. The van der Waals surface area contributed by atoms with E-state index in [2.05, 4.69) is 46.3 Å². The number of hydrogen-bond acceptors (Lipinski definition) is 18. The Balaban J connectivity index is 0.000000204. The zero-order chi connectivity index (χ0) is 61.7. The second-order valence-electron chi connectivity index (χ2n) is 23.6. The number of aliphatic carboxylic acids is 2. The number of urea groups is 2. The molecule has 28 heteroatoms. The fourth-order valence-electron chi connectivity index (χ4n) is 11.8. The second kappa shape index (κ2) is 24.2. The number of thiazole rings is 2. The lowest BCUT2D eigenvalue weighted by molar-refractivity contribution is -0.148. The SMILES string of the molecule is COC(=O)C1=C(CN2CCN3C(=O)N(CC(C)(C)C(=O)O)C[C@]3(C)C2)NC(c2nccs2)=N[C@H]1c1ccc(F)c(F)c1C.COC(=O)C1=C(CN2CCN3C(=O)N(CC(C)(C)C(=O)O)C[C@]3(C)C2)NC(c2nccs2)=N[C@H]1c1ccc(F)cc1Br. The molecule has 4 N–H and O–H groups in total. The molecule has 2 aromatic carbocycles. The molecule has 454 valence electrons. The number of nitrogens with one attached hydrogen (secondary N) is 2. The van der Waals surface area contributed by atoms with Crippen LogP contribution in [0.2, 0.25) is 0 Å². The third-order valence-electron chi connectivity index (χ3n) is 16.1. The maximum atomic E-state index is 14.7. The van der Waals surface area contributed by atoms with Crippen LogP contribution in [-0.2, 0) is 28.7 Å². The zero-order valence-electron chi connectivity index (χ0n) is 48.3. The molecule has 0 saturated carbocycles. The summed E-state index contributed by atoms with van der Waals surface area (Å²) in [5.74, 6) is -4.74. The smallest absolute Gasteiger partial charge is 0.338 e. The molecule has 0 unspecified atom stereocenters. The minimum Gasteiger partial charge on any atom is -0.481 e. The van der Waals surface area contributed by atoms with Crippen LogP contribution in [0.25, 0.3) is 0 Å². The largest absolute Gasteiger partial charge is 0.481 e. The van der Waals surface area contributed by atoms with E-state index in [-0.39, 0.29) is 42.8 Å². The number of amidine groups is 2. The van der Waals surface area contributed by atoms with Crippen LogP contribution in [-0.4, -0.2) is 201 Å². The van der Waals surface area contributed by atoms with Crippen LogP contribution in [0.3, 0.4) is 0 Å². The quantitative estimate of drug-likeness (QED) is 0.0856. The number of ether oxygens (including phenoxy) is 2. The second-order valence-corrected chi connectivity index (χ2v) is 26.2. The van der Waals surface area contributed by atoms with Gasteiger partial charge in [0.1, 0.15) is 17.9 Å². The highest BCUT2D eigenvalue weighted by Gasteiger charge is 2.53. The van der Waals surface area contributed by atoms with Crippen LogP contribution in [0.5, 0.6) is 0 Å². The highest BCUT2D eigenvalue weighted by atomic mass is 79.9. The number of carboxylic acid groups (broad SMARTS) is 2. The number of methoxy groups -OCH3 is 2. The van der Waals surface area contributed by atoms with Crippen LogP contribution in [0.4, 0.5) is 22.8 Å². The third-order valence-corrected chi connectivity index (χ3v) is 18.4. The summed E-state index contributed by atoms with van der Waals surface area (Å²) in [7, 11) is 2.56. The first-order chi connectivity index (χ1) is 40.1. The molecule has 0 radical (unpaired) electrons.